The Kier molecular flexibility index (Phi) is 5.00. The van der Waals surface area contributed by atoms with Crippen LogP contribution in [0.1, 0.15) is 37.2 Å². The van der Waals surface area contributed by atoms with Crippen molar-refractivity contribution in [1.82, 2.24) is 9.88 Å². The first kappa shape index (κ1) is 14.8. The van der Waals surface area contributed by atoms with Gasteiger partial charge in [-0.25, -0.2) is 4.79 Å². The van der Waals surface area contributed by atoms with Gasteiger partial charge in [0, 0.05) is 19.6 Å². The molecule has 0 bridgehead atoms. The van der Waals surface area contributed by atoms with Crippen LogP contribution in [-0.4, -0.2) is 55.2 Å². The van der Waals surface area contributed by atoms with Gasteiger partial charge in [0.25, 0.3) is 6.01 Å². The Labute approximate surface area is 119 Å². The number of hydrogen-bond donors (Lipinski definition) is 0. The third kappa shape index (κ3) is 3.30. The summed E-state index contributed by atoms with van der Waals surface area (Å²) >= 11 is 0. The normalized spacial score (nSPS) is 19.2. The Hall–Kier alpha value is -1.56. The van der Waals surface area contributed by atoms with Gasteiger partial charge in [0.05, 0.1) is 6.61 Å². The first-order valence-corrected chi connectivity index (χ1v) is 7.23. The number of esters is 1. The van der Waals surface area contributed by atoms with E-state index in [9.17, 15) is 4.79 Å². The molecule has 1 aromatic rings. The van der Waals surface area contributed by atoms with E-state index in [4.69, 9.17) is 9.15 Å². The van der Waals surface area contributed by atoms with E-state index in [1.165, 1.54) is 19.1 Å². The SMILES string of the molecule is CCOC(=O)c1coc(N(C)CC2CCCN2CC)n1. The second-order valence-electron chi connectivity index (χ2n) is 5.04. The van der Waals surface area contributed by atoms with Gasteiger partial charge in [-0.2, -0.15) is 4.98 Å². The summed E-state index contributed by atoms with van der Waals surface area (Å²) in [6.45, 7) is 7.38. The highest BCUT2D eigenvalue weighted by Crippen LogP contribution is 2.20. The number of nitrogens with zero attached hydrogens (tertiary/aromatic N) is 3. The van der Waals surface area contributed by atoms with Gasteiger partial charge in [-0.1, -0.05) is 6.92 Å². The molecule has 20 heavy (non-hydrogen) atoms. The van der Waals surface area contributed by atoms with Gasteiger partial charge >= 0.3 is 5.97 Å². The summed E-state index contributed by atoms with van der Waals surface area (Å²) in [5.74, 6) is -0.438. The van der Waals surface area contributed by atoms with Crippen molar-refractivity contribution in [3.05, 3.63) is 12.0 Å². The van der Waals surface area contributed by atoms with E-state index in [0.29, 0.717) is 18.7 Å². The third-order valence-corrected chi connectivity index (χ3v) is 3.69. The molecule has 0 aromatic carbocycles. The van der Waals surface area contributed by atoms with Crippen LogP contribution in [0.15, 0.2) is 10.7 Å². The molecule has 1 atom stereocenters. The molecule has 1 aliphatic heterocycles. The van der Waals surface area contributed by atoms with Crippen LogP contribution in [0, 0.1) is 0 Å². The molecule has 0 amide bonds. The standard InChI is InChI=1S/C14H23N3O3/c1-4-17-8-6-7-11(17)9-16(3)14-15-12(10-20-14)13(18)19-5-2/h10-11H,4-9H2,1-3H3. The highest BCUT2D eigenvalue weighted by molar-refractivity contribution is 5.87. The fourth-order valence-electron chi connectivity index (χ4n) is 2.65. The summed E-state index contributed by atoms with van der Waals surface area (Å²) in [6, 6.07) is 0.999. The molecule has 1 unspecified atom stereocenters. The van der Waals surface area contributed by atoms with Crippen LogP contribution in [0.25, 0.3) is 0 Å². The third-order valence-electron chi connectivity index (χ3n) is 3.69. The average molecular weight is 281 g/mol. The van der Waals surface area contributed by atoms with Crippen LogP contribution in [0.3, 0.4) is 0 Å². The lowest BCUT2D eigenvalue weighted by molar-refractivity contribution is 0.0519. The number of carbonyl (C=O) groups is 1. The highest BCUT2D eigenvalue weighted by Gasteiger charge is 2.25. The topological polar surface area (TPSA) is 58.8 Å². The maximum Gasteiger partial charge on any atom is 0.360 e. The summed E-state index contributed by atoms with van der Waals surface area (Å²) < 4.78 is 10.3. The molecule has 6 heteroatoms. The predicted molar refractivity (Wildman–Crippen MR) is 76.0 cm³/mol. The van der Waals surface area contributed by atoms with E-state index in [1.54, 1.807) is 6.92 Å². The summed E-state index contributed by atoms with van der Waals surface area (Å²) in [5, 5.41) is 0. The van der Waals surface area contributed by atoms with E-state index in [-0.39, 0.29) is 5.69 Å². The van der Waals surface area contributed by atoms with Gasteiger partial charge in [0.2, 0.25) is 0 Å². The average Bonchev–Trinajstić information content (AvgIpc) is 3.07. The zero-order valence-corrected chi connectivity index (χ0v) is 12.5. The molecular weight excluding hydrogens is 258 g/mol. The minimum atomic E-state index is -0.438. The van der Waals surface area contributed by atoms with Crippen LogP contribution < -0.4 is 4.90 Å². The smallest absolute Gasteiger partial charge is 0.360 e. The minimum absolute atomic E-state index is 0.229. The van der Waals surface area contributed by atoms with E-state index in [1.807, 2.05) is 11.9 Å². The lowest BCUT2D eigenvalue weighted by Gasteiger charge is -2.26. The molecule has 0 spiro atoms. The molecule has 0 aliphatic carbocycles. The van der Waals surface area contributed by atoms with Crippen molar-refractivity contribution in [3.63, 3.8) is 0 Å². The van der Waals surface area contributed by atoms with E-state index < -0.39 is 5.97 Å². The van der Waals surface area contributed by atoms with E-state index >= 15 is 0 Å². The lowest BCUT2D eigenvalue weighted by atomic mass is 10.2. The zero-order valence-electron chi connectivity index (χ0n) is 12.5. The van der Waals surface area contributed by atoms with Crippen molar-refractivity contribution in [3.8, 4) is 0 Å². The number of oxazole rings is 1. The Morgan fingerprint density at radius 1 is 1.60 bits per heavy atom. The lowest BCUT2D eigenvalue weighted by Crippen LogP contribution is -2.38. The second-order valence-corrected chi connectivity index (χ2v) is 5.04. The van der Waals surface area contributed by atoms with Crippen LogP contribution in [0.2, 0.25) is 0 Å². The summed E-state index contributed by atoms with van der Waals surface area (Å²) in [7, 11) is 1.94. The number of carbonyl (C=O) groups excluding carboxylic acids is 1. The molecule has 1 aliphatic rings. The summed E-state index contributed by atoms with van der Waals surface area (Å²) in [5.41, 5.74) is 0.229. The monoisotopic (exact) mass is 281 g/mol. The molecule has 1 fully saturated rings. The largest absolute Gasteiger partial charge is 0.461 e. The maximum absolute atomic E-state index is 11.6. The van der Waals surface area contributed by atoms with Gasteiger partial charge in [0.15, 0.2) is 5.69 Å². The quantitative estimate of drug-likeness (QED) is 0.741. The van der Waals surface area contributed by atoms with Gasteiger partial charge in [-0.05, 0) is 32.9 Å². The van der Waals surface area contributed by atoms with Crippen LogP contribution in [-0.2, 0) is 4.74 Å². The zero-order chi connectivity index (χ0) is 14.5. The number of aromatic nitrogens is 1. The van der Waals surface area contributed by atoms with Crippen molar-refractivity contribution < 1.29 is 13.9 Å². The maximum atomic E-state index is 11.6. The molecule has 0 N–H and O–H groups in total. The number of likely N-dealkylation sites (N-methyl/N-ethyl adjacent to an activating group) is 2. The highest BCUT2D eigenvalue weighted by atomic mass is 16.5. The molecule has 2 heterocycles. The number of likely N-dealkylation sites (tertiary alicyclic amines) is 1. The van der Waals surface area contributed by atoms with Crippen LogP contribution >= 0.6 is 0 Å². The van der Waals surface area contributed by atoms with Crippen LogP contribution in [0.4, 0.5) is 6.01 Å². The Morgan fingerprint density at radius 2 is 2.40 bits per heavy atom. The van der Waals surface area contributed by atoms with E-state index in [0.717, 1.165) is 19.6 Å². The summed E-state index contributed by atoms with van der Waals surface area (Å²) in [6.07, 6.45) is 3.80. The molecule has 0 saturated carbocycles. The van der Waals surface area contributed by atoms with Crippen molar-refractivity contribution in [1.29, 1.82) is 0 Å². The van der Waals surface area contributed by atoms with Gasteiger partial charge in [-0.3, -0.25) is 4.90 Å². The molecule has 0 radical (unpaired) electrons. The van der Waals surface area contributed by atoms with Crippen LogP contribution in [0.5, 0.6) is 0 Å². The minimum Gasteiger partial charge on any atom is -0.461 e. The Balaban J connectivity index is 1.95. The molecule has 1 saturated heterocycles. The predicted octanol–water partition coefficient (Wildman–Crippen LogP) is 1.77. The van der Waals surface area contributed by atoms with Crippen molar-refractivity contribution in [2.45, 2.75) is 32.7 Å². The molecular formula is C14H23N3O3. The Morgan fingerprint density at radius 3 is 3.10 bits per heavy atom. The van der Waals surface area contributed by atoms with Crippen molar-refractivity contribution in [2.75, 3.05) is 38.2 Å². The number of rotatable bonds is 6. The first-order valence-electron chi connectivity index (χ1n) is 7.23. The molecule has 2 rings (SSSR count). The van der Waals surface area contributed by atoms with Gasteiger partial charge in [-0.15, -0.1) is 0 Å². The fourth-order valence-corrected chi connectivity index (χ4v) is 2.65. The molecule has 6 nitrogen and oxygen atoms in total. The number of hydrogen-bond acceptors (Lipinski definition) is 6. The van der Waals surface area contributed by atoms with Gasteiger partial charge < -0.3 is 14.1 Å². The molecule has 112 valence electrons. The fraction of sp³-hybridized carbons (Fsp3) is 0.714. The van der Waals surface area contributed by atoms with E-state index in [2.05, 4.69) is 16.8 Å². The second kappa shape index (κ2) is 6.74. The van der Waals surface area contributed by atoms with Gasteiger partial charge in [0.1, 0.15) is 6.26 Å². The van der Waals surface area contributed by atoms with Crippen molar-refractivity contribution >= 4 is 12.0 Å². The molecule has 1 aromatic heterocycles. The summed E-state index contributed by atoms with van der Waals surface area (Å²) in [4.78, 5) is 20.2. The van der Waals surface area contributed by atoms with Crippen molar-refractivity contribution in [2.24, 2.45) is 0 Å². The first-order chi connectivity index (χ1) is 9.65. The Bertz CT molecular complexity index is 447. The number of ether oxygens (including phenoxy) is 1. The number of anilines is 1.